The monoisotopic (exact) mass is 232 g/mol. The van der Waals surface area contributed by atoms with Gasteiger partial charge in [0.2, 0.25) is 5.91 Å². The molecule has 0 saturated carbocycles. The Balaban J connectivity index is 2.99. The molecule has 0 fully saturated rings. The number of nitriles is 1. The van der Waals surface area contributed by atoms with Gasteiger partial charge in [0.1, 0.15) is 6.42 Å². The molecule has 0 aliphatic carbocycles. The fourth-order valence-electron chi connectivity index (χ4n) is 1.37. The lowest BCUT2D eigenvalue weighted by molar-refractivity contribution is -0.115. The van der Waals surface area contributed by atoms with Crippen molar-refractivity contribution in [1.82, 2.24) is 0 Å². The highest BCUT2D eigenvalue weighted by atomic mass is 16.5. The molecule has 1 N–H and O–H groups in total. The summed E-state index contributed by atoms with van der Waals surface area (Å²) < 4.78 is 4.62. The molecule has 5 nitrogen and oxygen atoms in total. The van der Waals surface area contributed by atoms with Crippen LogP contribution < -0.4 is 5.32 Å². The predicted molar refractivity (Wildman–Crippen MR) is 61.4 cm³/mol. The maximum atomic E-state index is 11.4. The van der Waals surface area contributed by atoms with Gasteiger partial charge in [-0.05, 0) is 24.6 Å². The van der Waals surface area contributed by atoms with E-state index in [1.54, 1.807) is 31.2 Å². The highest BCUT2D eigenvalue weighted by Crippen LogP contribution is 2.19. The quantitative estimate of drug-likeness (QED) is 0.803. The number of hydrogen-bond donors (Lipinski definition) is 1. The van der Waals surface area contributed by atoms with Crippen molar-refractivity contribution in [1.29, 1.82) is 5.26 Å². The Labute approximate surface area is 99.0 Å². The number of ether oxygens (including phenoxy) is 1. The van der Waals surface area contributed by atoms with Gasteiger partial charge in [-0.1, -0.05) is 6.07 Å². The minimum absolute atomic E-state index is 0.220. The molecule has 0 spiro atoms. The number of methoxy groups -OCH3 is 1. The van der Waals surface area contributed by atoms with E-state index in [4.69, 9.17) is 5.26 Å². The lowest BCUT2D eigenvalue weighted by Gasteiger charge is -2.10. The number of nitrogens with one attached hydrogen (secondary N) is 1. The number of hydrogen-bond acceptors (Lipinski definition) is 4. The molecule has 5 heteroatoms. The van der Waals surface area contributed by atoms with Crippen molar-refractivity contribution in [2.24, 2.45) is 0 Å². The van der Waals surface area contributed by atoms with Crippen LogP contribution >= 0.6 is 0 Å². The van der Waals surface area contributed by atoms with E-state index < -0.39 is 11.9 Å². The van der Waals surface area contributed by atoms with Crippen molar-refractivity contribution in [3.05, 3.63) is 29.3 Å². The van der Waals surface area contributed by atoms with Crippen LogP contribution in [-0.2, 0) is 9.53 Å². The van der Waals surface area contributed by atoms with Gasteiger partial charge in [-0.2, -0.15) is 5.26 Å². The summed E-state index contributed by atoms with van der Waals surface area (Å²) in [4.78, 5) is 22.7. The molecule has 0 heterocycles. The standard InChI is InChI=1S/C12H12N2O3/c1-8-9(12(16)17-2)4-3-5-10(8)14-11(15)6-7-13/h3-5H,6H2,1-2H3,(H,14,15). The van der Waals surface area contributed by atoms with Gasteiger partial charge in [0.25, 0.3) is 0 Å². The SMILES string of the molecule is COC(=O)c1cccc(NC(=O)CC#N)c1C. The fraction of sp³-hybridized carbons (Fsp3) is 0.250. The number of amides is 1. The largest absolute Gasteiger partial charge is 0.465 e. The Hall–Kier alpha value is -2.35. The number of esters is 1. The molecule has 0 saturated heterocycles. The number of nitrogens with zero attached hydrogens (tertiary/aromatic N) is 1. The second kappa shape index (κ2) is 5.66. The third-order valence-corrected chi connectivity index (χ3v) is 2.25. The first-order valence-corrected chi connectivity index (χ1v) is 4.95. The molecule has 0 radical (unpaired) electrons. The van der Waals surface area contributed by atoms with Crippen LogP contribution in [0.4, 0.5) is 5.69 Å². The molecule has 17 heavy (non-hydrogen) atoms. The Morgan fingerprint density at radius 3 is 2.76 bits per heavy atom. The van der Waals surface area contributed by atoms with Gasteiger partial charge in [0, 0.05) is 5.69 Å². The molecule has 0 unspecified atom stereocenters. The molecule has 0 atom stereocenters. The maximum absolute atomic E-state index is 11.4. The summed E-state index contributed by atoms with van der Waals surface area (Å²) in [5.74, 6) is -0.864. The molecule has 88 valence electrons. The zero-order valence-electron chi connectivity index (χ0n) is 9.61. The van der Waals surface area contributed by atoms with E-state index in [-0.39, 0.29) is 6.42 Å². The van der Waals surface area contributed by atoms with E-state index in [1.165, 1.54) is 7.11 Å². The minimum Gasteiger partial charge on any atom is -0.465 e. The maximum Gasteiger partial charge on any atom is 0.338 e. The molecule has 0 aliphatic heterocycles. The highest BCUT2D eigenvalue weighted by Gasteiger charge is 2.12. The van der Waals surface area contributed by atoms with Gasteiger partial charge in [-0.3, -0.25) is 4.79 Å². The molecular weight excluding hydrogens is 220 g/mol. The van der Waals surface area contributed by atoms with Crippen LogP contribution in [0.1, 0.15) is 22.3 Å². The molecule has 1 aromatic rings. The topological polar surface area (TPSA) is 79.2 Å². The summed E-state index contributed by atoms with van der Waals surface area (Å²) in [6.45, 7) is 1.70. The molecular formula is C12H12N2O3. The number of benzene rings is 1. The fourth-order valence-corrected chi connectivity index (χ4v) is 1.37. The third kappa shape index (κ3) is 3.05. The molecule has 0 aliphatic rings. The molecule has 1 amide bonds. The molecule has 1 rings (SSSR count). The number of rotatable bonds is 3. The third-order valence-electron chi connectivity index (χ3n) is 2.25. The van der Waals surface area contributed by atoms with Crippen molar-refractivity contribution in [2.75, 3.05) is 12.4 Å². The van der Waals surface area contributed by atoms with Crippen molar-refractivity contribution in [3.8, 4) is 6.07 Å². The van der Waals surface area contributed by atoms with E-state index >= 15 is 0 Å². The second-order valence-corrected chi connectivity index (χ2v) is 3.35. The van der Waals surface area contributed by atoms with Gasteiger partial charge in [-0.25, -0.2) is 4.79 Å². The molecule has 0 aromatic heterocycles. The summed E-state index contributed by atoms with van der Waals surface area (Å²) in [6.07, 6.45) is -0.220. The van der Waals surface area contributed by atoms with E-state index in [2.05, 4.69) is 10.1 Å². The Morgan fingerprint density at radius 2 is 2.18 bits per heavy atom. The predicted octanol–water partition coefficient (Wildman–Crippen LogP) is 1.63. The normalized spacial score (nSPS) is 9.24. The summed E-state index contributed by atoms with van der Waals surface area (Å²) in [5, 5.41) is 10.9. The summed E-state index contributed by atoms with van der Waals surface area (Å²) >= 11 is 0. The minimum atomic E-state index is -0.459. The Bertz CT molecular complexity index is 489. The summed E-state index contributed by atoms with van der Waals surface area (Å²) in [5.41, 5.74) is 1.51. The van der Waals surface area contributed by atoms with Crippen LogP contribution in [-0.4, -0.2) is 19.0 Å². The van der Waals surface area contributed by atoms with Gasteiger partial charge >= 0.3 is 5.97 Å². The van der Waals surface area contributed by atoms with Crippen LogP contribution in [0.25, 0.3) is 0 Å². The van der Waals surface area contributed by atoms with Crippen LogP contribution in [0.15, 0.2) is 18.2 Å². The van der Waals surface area contributed by atoms with E-state index in [1.807, 2.05) is 0 Å². The van der Waals surface area contributed by atoms with Gasteiger partial charge in [0.05, 0.1) is 18.7 Å². The lowest BCUT2D eigenvalue weighted by Crippen LogP contribution is -2.13. The smallest absolute Gasteiger partial charge is 0.338 e. The number of carbonyl (C=O) groups excluding carboxylic acids is 2. The van der Waals surface area contributed by atoms with Crippen molar-refractivity contribution >= 4 is 17.6 Å². The Morgan fingerprint density at radius 1 is 1.47 bits per heavy atom. The van der Waals surface area contributed by atoms with Gasteiger partial charge in [-0.15, -0.1) is 0 Å². The number of carbonyl (C=O) groups is 2. The average Bonchev–Trinajstić information content (AvgIpc) is 2.31. The Kier molecular flexibility index (Phi) is 4.23. The summed E-state index contributed by atoms with van der Waals surface area (Å²) in [7, 11) is 1.29. The van der Waals surface area contributed by atoms with E-state index in [0.717, 1.165) is 0 Å². The van der Waals surface area contributed by atoms with Gasteiger partial charge in [0.15, 0.2) is 0 Å². The van der Waals surface area contributed by atoms with E-state index in [0.29, 0.717) is 16.8 Å². The lowest BCUT2D eigenvalue weighted by atomic mass is 10.1. The second-order valence-electron chi connectivity index (χ2n) is 3.35. The molecule has 1 aromatic carbocycles. The number of anilines is 1. The van der Waals surface area contributed by atoms with Crippen LogP contribution in [0, 0.1) is 18.3 Å². The highest BCUT2D eigenvalue weighted by molar-refractivity contribution is 5.97. The van der Waals surface area contributed by atoms with Crippen LogP contribution in [0.5, 0.6) is 0 Å². The zero-order chi connectivity index (χ0) is 12.8. The van der Waals surface area contributed by atoms with Crippen molar-refractivity contribution < 1.29 is 14.3 Å². The van der Waals surface area contributed by atoms with E-state index in [9.17, 15) is 9.59 Å². The molecule has 0 bridgehead atoms. The average molecular weight is 232 g/mol. The summed E-state index contributed by atoms with van der Waals surface area (Å²) in [6, 6.07) is 6.67. The van der Waals surface area contributed by atoms with Gasteiger partial charge < -0.3 is 10.1 Å². The first kappa shape index (κ1) is 12.7. The first-order chi connectivity index (χ1) is 8.10. The van der Waals surface area contributed by atoms with Crippen LogP contribution in [0.2, 0.25) is 0 Å². The van der Waals surface area contributed by atoms with Crippen molar-refractivity contribution in [3.63, 3.8) is 0 Å². The van der Waals surface area contributed by atoms with Crippen molar-refractivity contribution in [2.45, 2.75) is 13.3 Å². The first-order valence-electron chi connectivity index (χ1n) is 4.95. The zero-order valence-corrected chi connectivity index (χ0v) is 9.61. The van der Waals surface area contributed by atoms with Crippen LogP contribution in [0.3, 0.4) is 0 Å².